The maximum Gasteiger partial charge on any atom is 0.397 e. The Morgan fingerprint density at radius 1 is 1.19 bits per heavy atom. The molecule has 136 valence electrons. The third-order valence-electron chi connectivity index (χ3n) is 5.05. The van der Waals surface area contributed by atoms with Crippen LogP contribution in [0.3, 0.4) is 0 Å². The molecule has 1 aliphatic rings. The molecule has 2 aromatic carbocycles. The van der Waals surface area contributed by atoms with Gasteiger partial charge in [0.05, 0.1) is 6.61 Å². The highest BCUT2D eigenvalue weighted by molar-refractivity contribution is 6.38. The van der Waals surface area contributed by atoms with E-state index >= 15 is 0 Å². The highest BCUT2D eigenvalue weighted by Crippen LogP contribution is 2.46. The number of hydrogen-bond donors (Lipinski definition) is 0. The fourth-order valence-corrected chi connectivity index (χ4v) is 4.00. The first kappa shape index (κ1) is 18.5. The van der Waals surface area contributed by atoms with Gasteiger partial charge in [-0.1, -0.05) is 48.9 Å². The zero-order chi connectivity index (χ0) is 18.9. The third-order valence-corrected chi connectivity index (χ3v) is 5.30. The van der Waals surface area contributed by atoms with Crippen molar-refractivity contribution >= 4 is 29.2 Å². The van der Waals surface area contributed by atoms with Gasteiger partial charge in [0.1, 0.15) is 0 Å². The van der Waals surface area contributed by atoms with Crippen LogP contribution >= 0.6 is 11.6 Å². The van der Waals surface area contributed by atoms with Gasteiger partial charge in [0, 0.05) is 22.2 Å². The molecule has 26 heavy (non-hydrogen) atoms. The average Bonchev–Trinajstić information content (AvgIpc) is 2.62. The lowest BCUT2D eigenvalue weighted by molar-refractivity contribution is -0.153. The quantitative estimate of drug-likeness (QED) is 0.583. The van der Waals surface area contributed by atoms with E-state index < -0.39 is 11.9 Å². The van der Waals surface area contributed by atoms with Gasteiger partial charge in [0.2, 0.25) is 0 Å². The SMILES string of the molecule is CCOC(=O)C(=O)N1c2ccccc2C(C)(c2ccc(Cl)cc2)CC1C. The molecule has 0 saturated heterocycles. The van der Waals surface area contributed by atoms with Gasteiger partial charge in [-0.3, -0.25) is 9.69 Å². The number of halogens is 1. The normalized spacial score (nSPS) is 21.8. The van der Waals surface area contributed by atoms with E-state index in [1.54, 1.807) is 11.8 Å². The van der Waals surface area contributed by atoms with Crippen LogP contribution in [0.5, 0.6) is 0 Å². The Bertz CT molecular complexity index is 833. The number of para-hydroxylation sites is 1. The number of hydrogen-bond acceptors (Lipinski definition) is 3. The van der Waals surface area contributed by atoms with Crippen LogP contribution in [-0.2, 0) is 19.7 Å². The fourth-order valence-electron chi connectivity index (χ4n) is 3.87. The second kappa shape index (κ2) is 7.12. The van der Waals surface area contributed by atoms with Crippen LogP contribution in [0, 0.1) is 0 Å². The van der Waals surface area contributed by atoms with Crippen LogP contribution in [0.15, 0.2) is 48.5 Å². The van der Waals surface area contributed by atoms with Crippen molar-refractivity contribution in [2.45, 2.75) is 38.6 Å². The predicted octanol–water partition coefficient (Wildman–Crippen LogP) is 4.33. The molecular weight excluding hydrogens is 350 g/mol. The van der Waals surface area contributed by atoms with E-state index in [0.29, 0.717) is 11.4 Å². The molecule has 0 N–H and O–H groups in total. The van der Waals surface area contributed by atoms with Gasteiger partial charge < -0.3 is 4.74 Å². The van der Waals surface area contributed by atoms with Gasteiger partial charge in [0.25, 0.3) is 0 Å². The number of esters is 1. The van der Waals surface area contributed by atoms with E-state index in [-0.39, 0.29) is 18.1 Å². The van der Waals surface area contributed by atoms with Gasteiger partial charge in [0.15, 0.2) is 0 Å². The highest BCUT2D eigenvalue weighted by Gasteiger charge is 2.43. The van der Waals surface area contributed by atoms with E-state index in [1.165, 1.54) is 0 Å². The highest BCUT2D eigenvalue weighted by atomic mass is 35.5. The second-order valence-electron chi connectivity index (χ2n) is 6.80. The first-order valence-corrected chi connectivity index (χ1v) is 9.12. The van der Waals surface area contributed by atoms with Crippen molar-refractivity contribution < 1.29 is 14.3 Å². The molecule has 2 unspecified atom stereocenters. The summed E-state index contributed by atoms with van der Waals surface area (Å²) in [7, 11) is 0. The molecule has 0 radical (unpaired) electrons. The van der Waals surface area contributed by atoms with Crippen molar-refractivity contribution in [2.75, 3.05) is 11.5 Å². The van der Waals surface area contributed by atoms with Crippen molar-refractivity contribution in [2.24, 2.45) is 0 Å². The van der Waals surface area contributed by atoms with E-state index in [1.807, 2.05) is 55.5 Å². The number of carbonyl (C=O) groups is 2. The average molecular weight is 372 g/mol. The van der Waals surface area contributed by atoms with Crippen LogP contribution in [-0.4, -0.2) is 24.5 Å². The molecule has 2 aromatic rings. The number of fused-ring (bicyclic) bond motifs is 1. The van der Waals surface area contributed by atoms with Crippen molar-refractivity contribution in [1.82, 2.24) is 0 Å². The Labute approximate surface area is 158 Å². The Hall–Kier alpha value is -2.33. The van der Waals surface area contributed by atoms with Gasteiger partial charge in [-0.15, -0.1) is 0 Å². The zero-order valence-corrected chi connectivity index (χ0v) is 15.9. The summed E-state index contributed by atoms with van der Waals surface area (Å²) in [6, 6.07) is 15.4. The minimum Gasteiger partial charge on any atom is -0.459 e. The molecule has 2 atom stereocenters. The van der Waals surface area contributed by atoms with Gasteiger partial charge >= 0.3 is 11.9 Å². The molecule has 1 amide bonds. The number of rotatable bonds is 2. The van der Waals surface area contributed by atoms with E-state index in [2.05, 4.69) is 6.92 Å². The standard InChI is InChI=1S/C21H22ClNO3/c1-4-26-20(25)19(24)23-14(2)13-21(3,15-9-11-16(22)12-10-15)17-7-5-6-8-18(17)23/h5-12,14H,4,13H2,1-3H3. The lowest BCUT2D eigenvalue weighted by atomic mass is 9.69. The molecule has 0 bridgehead atoms. The number of benzene rings is 2. The molecule has 3 rings (SSSR count). The minimum absolute atomic E-state index is 0.150. The Morgan fingerprint density at radius 2 is 1.85 bits per heavy atom. The minimum atomic E-state index is -0.816. The third kappa shape index (κ3) is 3.10. The van der Waals surface area contributed by atoms with Crippen molar-refractivity contribution in [3.05, 3.63) is 64.7 Å². The van der Waals surface area contributed by atoms with Crippen LogP contribution in [0.1, 0.15) is 38.3 Å². The number of amides is 1. The van der Waals surface area contributed by atoms with Crippen molar-refractivity contribution in [1.29, 1.82) is 0 Å². The molecule has 0 saturated carbocycles. The number of anilines is 1. The molecule has 1 heterocycles. The van der Waals surface area contributed by atoms with Crippen molar-refractivity contribution in [3.8, 4) is 0 Å². The van der Waals surface area contributed by atoms with E-state index in [0.717, 1.165) is 16.8 Å². The summed E-state index contributed by atoms with van der Waals surface area (Å²) < 4.78 is 4.93. The largest absolute Gasteiger partial charge is 0.459 e. The lowest BCUT2D eigenvalue weighted by Crippen LogP contribution is -2.50. The monoisotopic (exact) mass is 371 g/mol. The fraction of sp³-hybridized carbons (Fsp3) is 0.333. The second-order valence-corrected chi connectivity index (χ2v) is 7.24. The van der Waals surface area contributed by atoms with E-state index in [9.17, 15) is 9.59 Å². The Kier molecular flexibility index (Phi) is 5.05. The molecule has 0 aliphatic carbocycles. The lowest BCUT2D eigenvalue weighted by Gasteiger charge is -2.45. The smallest absolute Gasteiger partial charge is 0.397 e. The van der Waals surface area contributed by atoms with Crippen molar-refractivity contribution in [3.63, 3.8) is 0 Å². The first-order chi connectivity index (χ1) is 12.4. The Morgan fingerprint density at radius 3 is 2.50 bits per heavy atom. The maximum atomic E-state index is 12.7. The summed E-state index contributed by atoms with van der Waals surface area (Å²) in [6.45, 7) is 5.99. The summed E-state index contributed by atoms with van der Waals surface area (Å²) in [4.78, 5) is 26.3. The zero-order valence-electron chi connectivity index (χ0n) is 15.2. The molecule has 5 heteroatoms. The molecule has 0 fully saturated rings. The van der Waals surface area contributed by atoms with E-state index in [4.69, 9.17) is 16.3 Å². The predicted molar refractivity (Wildman–Crippen MR) is 103 cm³/mol. The molecule has 4 nitrogen and oxygen atoms in total. The van der Waals surface area contributed by atoms with Crippen LogP contribution in [0.25, 0.3) is 0 Å². The van der Waals surface area contributed by atoms with Crippen LogP contribution in [0.2, 0.25) is 5.02 Å². The topological polar surface area (TPSA) is 46.6 Å². The number of carbonyl (C=O) groups excluding carboxylic acids is 2. The number of nitrogens with zero attached hydrogens (tertiary/aromatic N) is 1. The number of ether oxygens (including phenoxy) is 1. The summed E-state index contributed by atoms with van der Waals surface area (Å²) in [5, 5.41) is 0.689. The van der Waals surface area contributed by atoms with Gasteiger partial charge in [-0.25, -0.2) is 4.79 Å². The molecule has 0 aromatic heterocycles. The summed E-state index contributed by atoms with van der Waals surface area (Å²) >= 11 is 6.05. The summed E-state index contributed by atoms with van der Waals surface area (Å²) in [5.41, 5.74) is 2.61. The summed E-state index contributed by atoms with van der Waals surface area (Å²) in [5.74, 6) is -1.44. The Balaban J connectivity index is 2.09. The van der Waals surface area contributed by atoms with Crippen LogP contribution < -0.4 is 4.90 Å². The molecule has 0 spiro atoms. The molecule has 1 aliphatic heterocycles. The van der Waals surface area contributed by atoms with Gasteiger partial charge in [-0.05, 0) is 49.6 Å². The van der Waals surface area contributed by atoms with Crippen LogP contribution in [0.4, 0.5) is 5.69 Å². The van der Waals surface area contributed by atoms with Gasteiger partial charge in [-0.2, -0.15) is 0 Å². The first-order valence-electron chi connectivity index (χ1n) is 8.74. The maximum absolute atomic E-state index is 12.7. The molecular formula is C21H22ClNO3. The summed E-state index contributed by atoms with van der Waals surface area (Å²) in [6.07, 6.45) is 0.691.